The van der Waals surface area contributed by atoms with Crippen LogP contribution in [-0.4, -0.2) is 34.5 Å². The molecule has 0 aliphatic rings. The van der Waals surface area contributed by atoms with E-state index in [1.165, 1.54) is 23.3 Å². The highest BCUT2D eigenvalue weighted by molar-refractivity contribution is 7.89. The Morgan fingerprint density at radius 1 is 1.00 bits per heavy atom. The second-order valence-corrected chi connectivity index (χ2v) is 9.29. The molecule has 2 rings (SSSR count). The van der Waals surface area contributed by atoms with Crippen molar-refractivity contribution in [1.29, 1.82) is 0 Å². The molecule has 0 saturated carbocycles. The molecular formula is C22H32N4O2S. The van der Waals surface area contributed by atoms with E-state index in [1.54, 1.807) is 19.2 Å². The van der Waals surface area contributed by atoms with Gasteiger partial charge >= 0.3 is 0 Å². The summed E-state index contributed by atoms with van der Waals surface area (Å²) in [5.74, 6) is 0.740. The largest absolute Gasteiger partial charge is 0.356 e. The molecule has 4 N–H and O–H groups in total. The van der Waals surface area contributed by atoms with Crippen molar-refractivity contribution in [2.24, 2.45) is 10.1 Å². The number of hydrogen-bond donors (Lipinski definition) is 3. The van der Waals surface area contributed by atoms with Gasteiger partial charge in [0.2, 0.25) is 10.0 Å². The number of rotatable bonds is 8. The molecule has 2 aromatic carbocycles. The predicted octanol–water partition coefficient (Wildman–Crippen LogP) is 2.58. The van der Waals surface area contributed by atoms with Gasteiger partial charge in [-0.3, -0.25) is 4.99 Å². The second-order valence-electron chi connectivity index (χ2n) is 7.73. The number of primary sulfonamides is 1. The van der Waals surface area contributed by atoms with Crippen LogP contribution < -0.4 is 15.8 Å². The second kappa shape index (κ2) is 9.89. The van der Waals surface area contributed by atoms with Gasteiger partial charge in [0.1, 0.15) is 0 Å². The maximum absolute atomic E-state index is 11.3. The molecule has 0 radical (unpaired) electrons. The van der Waals surface area contributed by atoms with Gasteiger partial charge in [0.15, 0.2) is 5.96 Å². The zero-order chi connectivity index (χ0) is 21.5. The number of nitrogens with two attached hydrogens (primary N) is 1. The number of aryl methyl sites for hydroxylation is 1. The lowest BCUT2D eigenvalue weighted by atomic mass is 9.84. The smallest absolute Gasteiger partial charge is 0.238 e. The highest BCUT2D eigenvalue weighted by atomic mass is 32.2. The Kier molecular flexibility index (Phi) is 7.81. The molecule has 158 valence electrons. The van der Waals surface area contributed by atoms with Crippen molar-refractivity contribution < 1.29 is 8.42 Å². The van der Waals surface area contributed by atoms with Crippen LogP contribution in [0, 0.1) is 0 Å². The van der Waals surface area contributed by atoms with Crippen LogP contribution in [0.3, 0.4) is 0 Å². The Bertz CT molecular complexity index is 918. The molecule has 6 nitrogen and oxygen atoms in total. The molecular weight excluding hydrogens is 384 g/mol. The first-order valence-corrected chi connectivity index (χ1v) is 11.4. The first-order valence-electron chi connectivity index (χ1n) is 9.81. The lowest BCUT2D eigenvalue weighted by Gasteiger charge is -2.27. The lowest BCUT2D eigenvalue weighted by Crippen LogP contribution is -2.44. The number of sulfonamides is 1. The Labute approximate surface area is 174 Å². The topological polar surface area (TPSA) is 96.6 Å². The lowest BCUT2D eigenvalue weighted by molar-refractivity contribution is 0.508. The van der Waals surface area contributed by atoms with Gasteiger partial charge in [0.25, 0.3) is 0 Å². The van der Waals surface area contributed by atoms with Crippen molar-refractivity contribution >= 4 is 16.0 Å². The van der Waals surface area contributed by atoms with Crippen LogP contribution in [-0.2, 0) is 28.3 Å². The van der Waals surface area contributed by atoms with Crippen molar-refractivity contribution in [1.82, 2.24) is 10.6 Å². The monoisotopic (exact) mass is 416 g/mol. The third kappa shape index (κ3) is 6.87. The van der Waals surface area contributed by atoms with Gasteiger partial charge in [-0.15, -0.1) is 0 Å². The van der Waals surface area contributed by atoms with Gasteiger partial charge in [-0.1, -0.05) is 57.2 Å². The standard InChI is InChI=1S/C22H32N4O2S/c1-5-17-6-10-19(11-7-17)22(2,3)16-26-21(24-4)25-15-14-18-8-12-20(13-9-18)29(23,27)28/h6-13H,5,14-16H2,1-4H3,(H2,23,27,28)(H2,24,25,26). The van der Waals surface area contributed by atoms with Crippen molar-refractivity contribution in [2.75, 3.05) is 20.1 Å². The molecule has 0 saturated heterocycles. The van der Waals surface area contributed by atoms with Crippen molar-refractivity contribution in [3.05, 3.63) is 65.2 Å². The third-order valence-corrected chi connectivity index (χ3v) is 5.95. The Balaban J connectivity index is 1.85. The van der Waals surface area contributed by atoms with Crippen LogP contribution in [0.1, 0.15) is 37.5 Å². The van der Waals surface area contributed by atoms with Crippen molar-refractivity contribution in [3.63, 3.8) is 0 Å². The van der Waals surface area contributed by atoms with E-state index in [0.717, 1.165) is 30.9 Å². The van der Waals surface area contributed by atoms with E-state index in [0.29, 0.717) is 6.54 Å². The summed E-state index contributed by atoms with van der Waals surface area (Å²) < 4.78 is 22.6. The first-order chi connectivity index (χ1) is 13.7. The number of nitrogens with one attached hydrogen (secondary N) is 2. The molecule has 0 aromatic heterocycles. The SMILES string of the molecule is CCc1ccc(C(C)(C)CNC(=NC)NCCc2ccc(S(N)(=O)=O)cc2)cc1. The maximum atomic E-state index is 11.3. The minimum absolute atomic E-state index is 0.0343. The summed E-state index contributed by atoms with van der Waals surface area (Å²) in [6.07, 6.45) is 1.79. The van der Waals surface area contributed by atoms with Crippen molar-refractivity contribution in [3.8, 4) is 0 Å². The van der Waals surface area contributed by atoms with E-state index < -0.39 is 10.0 Å². The number of guanidine groups is 1. The summed E-state index contributed by atoms with van der Waals surface area (Å²) in [4.78, 5) is 4.41. The molecule has 2 aromatic rings. The fourth-order valence-corrected chi connectivity index (χ4v) is 3.51. The fraction of sp³-hybridized carbons (Fsp3) is 0.409. The van der Waals surface area contributed by atoms with Gasteiger partial charge < -0.3 is 10.6 Å². The average Bonchev–Trinajstić information content (AvgIpc) is 2.70. The molecule has 0 unspecified atom stereocenters. The summed E-state index contributed by atoms with van der Waals surface area (Å²) in [7, 11) is -1.90. The molecule has 29 heavy (non-hydrogen) atoms. The van der Waals surface area contributed by atoms with Crippen molar-refractivity contribution in [2.45, 2.75) is 43.9 Å². The van der Waals surface area contributed by atoms with Gasteiger partial charge in [-0.05, 0) is 41.7 Å². The fourth-order valence-electron chi connectivity index (χ4n) is 2.99. The van der Waals surface area contributed by atoms with E-state index in [2.05, 4.69) is 60.7 Å². The van der Waals surface area contributed by atoms with E-state index in [9.17, 15) is 8.42 Å². The normalized spacial score (nSPS) is 12.7. The summed E-state index contributed by atoms with van der Waals surface area (Å²) >= 11 is 0. The summed E-state index contributed by atoms with van der Waals surface area (Å²) in [5, 5.41) is 11.8. The number of hydrogen-bond acceptors (Lipinski definition) is 3. The predicted molar refractivity (Wildman–Crippen MR) is 120 cm³/mol. The van der Waals surface area contributed by atoms with Crippen LogP contribution >= 0.6 is 0 Å². The molecule has 0 amide bonds. The van der Waals surface area contributed by atoms with Crippen LogP contribution in [0.5, 0.6) is 0 Å². The Hall–Kier alpha value is -2.38. The highest BCUT2D eigenvalue weighted by Crippen LogP contribution is 2.22. The first kappa shape index (κ1) is 22.9. The molecule has 0 aliphatic heterocycles. The van der Waals surface area contributed by atoms with Gasteiger partial charge in [-0.2, -0.15) is 0 Å². The van der Waals surface area contributed by atoms with E-state index >= 15 is 0 Å². The molecule has 0 atom stereocenters. The molecule has 0 spiro atoms. The third-order valence-electron chi connectivity index (χ3n) is 5.02. The van der Waals surface area contributed by atoms with E-state index in [4.69, 9.17) is 5.14 Å². The van der Waals surface area contributed by atoms with Crippen LogP contribution in [0.4, 0.5) is 0 Å². The minimum Gasteiger partial charge on any atom is -0.356 e. The average molecular weight is 417 g/mol. The maximum Gasteiger partial charge on any atom is 0.238 e. The Morgan fingerprint density at radius 3 is 2.10 bits per heavy atom. The summed E-state index contributed by atoms with van der Waals surface area (Å²) in [6, 6.07) is 15.4. The van der Waals surface area contributed by atoms with Crippen LogP contribution in [0.2, 0.25) is 0 Å². The number of nitrogens with zero attached hydrogens (tertiary/aromatic N) is 1. The Morgan fingerprint density at radius 2 is 1.59 bits per heavy atom. The molecule has 0 aliphatic carbocycles. The summed E-state index contributed by atoms with van der Waals surface area (Å²) in [6.45, 7) is 8.01. The van der Waals surface area contributed by atoms with Gasteiger partial charge in [0.05, 0.1) is 4.90 Å². The van der Waals surface area contributed by atoms with Gasteiger partial charge in [-0.25, -0.2) is 13.6 Å². The van der Waals surface area contributed by atoms with E-state index in [-0.39, 0.29) is 10.3 Å². The minimum atomic E-state index is -3.65. The number of benzene rings is 2. The summed E-state index contributed by atoms with van der Waals surface area (Å²) in [5.41, 5.74) is 3.62. The number of aliphatic imine (C=N–C) groups is 1. The van der Waals surface area contributed by atoms with E-state index in [1.807, 2.05) is 0 Å². The van der Waals surface area contributed by atoms with Crippen LogP contribution in [0.15, 0.2) is 58.4 Å². The molecule has 7 heteroatoms. The van der Waals surface area contributed by atoms with Crippen LogP contribution in [0.25, 0.3) is 0 Å². The molecule has 0 fully saturated rings. The highest BCUT2D eigenvalue weighted by Gasteiger charge is 2.20. The zero-order valence-electron chi connectivity index (χ0n) is 17.7. The molecule has 0 bridgehead atoms. The molecule has 0 heterocycles. The quantitative estimate of drug-likeness (QED) is 0.455. The zero-order valence-corrected chi connectivity index (χ0v) is 18.5. The van der Waals surface area contributed by atoms with Gasteiger partial charge in [0, 0.05) is 25.6 Å².